The molecule has 4 aromatic carbocycles. The summed E-state index contributed by atoms with van der Waals surface area (Å²) in [4.78, 5) is 91.0. The molecule has 2 atom stereocenters. The lowest BCUT2D eigenvalue weighted by atomic mass is 9.69. The van der Waals surface area contributed by atoms with E-state index in [2.05, 4.69) is 41.7 Å². The van der Waals surface area contributed by atoms with Gasteiger partial charge in [-0.25, -0.2) is 9.97 Å². The van der Waals surface area contributed by atoms with Crippen molar-refractivity contribution in [1.82, 2.24) is 50.8 Å². The second-order valence-corrected chi connectivity index (χ2v) is 24.7. The minimum atomic E-state index is -0.974. The Kier molecular flexibility index (Phi) is 17.7. The number of nitrogens with one attached hydrogen (secondary N) is 4. The Morgan fingerprint density at radius 3 is 1.31 bits per heavy atom. The quantitative estimate of drug-likeness (QED) is 0.0836. The lowest BCUT2D eigenvalue weighted by molar-refractivity contribution is -0.125. The number of para-hydroxylation sites is 2. The van der Waals surface area contributed by atoms with Crippen LogP contribution in [0.2, 0.25) is 0 Å². The largest absolute Gasteiger partial charge is 0.438 e. The molecule has 458 valence electrons. The molecule has 22 nitrogen and oxygen atoms in total. The van der Waals surface area contributed by atoms with Gasteiger partial charge in [0.15, 0.2) is 0 Å². The summed E-state index contributed by atoms with van der Waals surface area (Å²) in [6.07, 6.45) is 1.94. The number of nitrogens with zero attached hydrogens (tertiary/aromatic N) is 8. The lowest BCUT2D eigenvalue weighted by Gasteiger charge is -2.37. The van der Waals surface area contributed by atoms with E-state index in [1.165, 1.54) is 7.05 Å². The number of rotatable bonds is 13. The number of anilines is 2. The predicted octanol–water partition coefficient (Wildman–Crippen LogP) is 9.84. The molecule has 2 saturated heterocycles. The molecule has 6 amide bonds. The molecule has 4 aromatic heterocycles. The van der Waals surface area contributed by atoms with Gasteiger partial charge in [0.05, 0.1) is 48.6 Å². The topological polar surface area (TPSA) is 271 Å². The van der Waals surface area contributed by atoms with Gasteiger partial charge in [-0.1, -0.05) is 131 Å². The molecule has 0 spiro atoms. The highest BCUT2D eigenvalue weighted by atomic mass is 32.1. The zero-order valence-electron chi connectivity index (χ0n) is 48.8. The van der Waals surface area contributed by atoms with E-state index >= 15 is 0 Å². The van der Waals surface area contributed by atoms with Gasteiger partial charge >= 0.3 is 0 Å². The van der Waals surface area contributed by atoms with E-state index in [-0.39, 0.29) is 69.2 Å². The van der Waals surface area contributed by atoms with Gasteiger partial charge in [-0.05, 0) is 61.4 Å². The standard InChI is InChI=1S/C33H32N6O5S.C31H30N6O5S.CH4/c1-33(2,31(42)36-32-38-37-29(45-32)27(40)34-21-11-12-21)26-22-5-3-4-6-25(22)44-28-23(26)13-14-24(35-28)19-7-9-20(10-8-19)30(41)39-15-17-43-18-16-39;1-31(2,29(40)34-30-36-35-27(43-30)25(38)32-3)24-20-6-4-5-7-23(20)42-26-21(24)12-13-22(33-26)18-8-10-19(11-9-18)28(39)37-14-16-41-17-15-37;/h3-10,13-14,21,26H,11-12,15-18H2,1-2H3,(H,34,40)(H,36,38,42);4-13,24H,14-17H2,1-3H3,(H,32,38)(H,34,36,40);1H4/t26-;24-;/m00./s1. The molecule has 13 rings (SSSR count). The van der Waals surface area contributed by atoms with Gasteiger partial charge in [0.1, 0.15) is 11.5 Å². The average Bonchev–Trinajstić information content (AvgIpc) is 1.46. The zero-order valence-corrected chi connectivity index (χ0v) is 50.5. The van der Waals surface area contributed by atoms with Gasteiger partial charge in [0.2, 0.25) is 43.9 Å². The summed E-state index contributed by atoms with van der Waals surface area (Å²) in [5, 5.41) is 27.9. The van der Waals surface area contributed by atoms with E-state index in [4.69, 9.17) is 28.9 Å². The third kappa shape index (κ3) is 12.8. The molecule has 0 unspecified atom stereocenters. The minimum absolute atomic E-state index is 0. The summed E-state index contributed by atoms with van der Waals surface area (Å²) in [6.45, 7) is 12.0. The first-order valence-electron chi connectivity index (χ1n) is 28.9. The van der Waals surface area contributed by atoms with Crippen LogP contribution >= 0.6 is 22.7 Å². The summed E-state index contributed by atoms with van der Waals surface area (Å²) in [5.74, 6) is 0.0479. The normalized spacial score (nSPS) is 16.6. The number of hydrogen-bond acceptors (Lipinski definition) is 18. The van der Waals surface area contributed by atoms with E-state index in [1.54, 1.807) is 9.80 Å². The molecule has 24 heteroatoms. The van der Waals surface area contributed by atoms with Crippen molar-refractivity contribution in [2.24, 2.45) is 10.8 Å². The molecule has 5 aliphatic rings. The molecule has 4 N–H and O–H groups in total. The predicted molar refractivity (Wildman–Crippen MR) is 335 cm³/mol. The van der Waals surface area contributed by atoms with Crippen LogP contribution in [0, 0.1) is 10.8 Å². The molecule has 1 saturated carbocycles. The number of fused-ring (bicyclic) bond motifs is 4. The van der Waals surface area contributed by atoms with Crippen molar-refractivity contribution < 1.29 is 47.7 Å². The van der Waals surface area contributed by atoms with E-state index in [0.717, 1.165) is 68.9 Å². The Labute approximate surface area is 521 Å². The van der Waals surface area contributed by atoms with Crippen LogP contribution in [0.5, 0.6) is 23.3 Å². The summed E-state index contributed by atoms with van der Waals surface area (Å²) in [7, 11) is 1.51. The highest BCUT2D eigenvalue weighted by Crippen LogP contribution is 2.54. The SMILES string of the molecule is C.CC(C)(C(=O)Nc1nnc(C(=O)NC2CC2)s1)[C@H]1c2ccccc2Oc2nc(-c3ccc(C(=O)N4CCOCC4)cc3)ccc21.CNC(=O)c1nnc(NC(=O)C(C)(C)[C@H]2c3ccccc3Oc3nc(-c4ccc(C(=O)N5CCOCC5)cc4)ccc32)s1. The Bertz CT molecular complexity index is 3990. The first-order valence-corrected chi connectivity index (χ1v) is 30.5. The summed E-state index contributed by atoms with van der Waals surface area (Å²) >= 11 is 2.06. The number of carbonyl (C=O) groups excluding carboxylic acids is 6. The van der Waals surface area contributed by atoms with Crippen molar-refractivity contribution in [1.29, 1.82) is 0 Å². The van der Waals surface area contributed by atoms with Gasteiger partial charge in [-0.2, -0.15) is 0 Å². The Morgan fingerprint density at radius 2 is 0.910 bits per heavy atom. The third-order valence-corrected chi connectivity index (χ3v) is 17.8. The third-order valence-electron chi connectivity index (χ3n) is 16.2. The monoisotopic (exact) mass is 1240 g/mol. The van der Waals surface area contributed by atoms with Crippen LogP contribution in [0.3, 0.4) is 0 Å². The number of benzene rings is 4. The maximum Gasteiger partial charge on any atom is 0.282 e. The van der Waals surface area contributed by atoms with Crippen LogP contribution in [-0.2, 0) is 19.1 Å². The van der Waals surface area contributed by atoms with Crippen LogP contribution in [0.1, 0.15) is 122 Å². The highest BCUT2D eigenvalue weighted by Gasteiger charge is 2.46. The fraction of sp³-hybridized carbons (Fsp3) is 0.323. The number of amides is 6. The van der Waals surface area contributed by atoms with Gasteiger partial charge in [-0.15, -0.1) is 20.4 Å². The van der Waals surface area contributed by atoms with E-state index in [0.29, 0.717) is 98.4 Å². The highest BCUT2D eigenvalue weighted by molar-refractivity contribution is 7.17. The maximum atomic E-state index is 13.8. The number of aromatic nitrogens is 6. The van der Waals surface area contributed by atoms with Crippen molar-refractivity contribution in [3.05, 3.63) is 165 Å². The number of ether oxygens (including phenoxy) is 4. The second kappa shape index (κ2) is 25.8. The van der Waals surface area contributed by atoms with Crippen molar-refractivity contribution in [3.8, 4) is 45.8 Å². The first-order chi connectivity index (χ1) is 42.5. The molecule has 0 bridgehead atoms. The van der Waals surface area contributed by atoms with Gasteiger partial charge in [-0.3, -0.25) is 28.8 Å². The summed E-state index contributed by atoms with van der Waals surface area (Å²) in [6, 6.07) is 37.9. The number of carbonyl (C=O) groups is 6. The molecule has 8 heterocycles. The Balaban J connectivity index is 0.000000182. The Morgan fingerprint density at radius 1 is 0.506 bits per heavy atom. The van der Waals surface area contributed by atoms with E-state index in [1.807, 2.05) is 149 Å². The smallest absolute Gasteiger partial charge is 0.282 e. The molecule has 8 aromatic rings. The van der Waals surface area contributed by atoms with Gasteiger partial charge in [0.25, 0.3) is 23.6 Å². The van der Waals surface area contributed by atoms with E-state index in [9.17, 15) is 28.8 Å². The minimum Gasteiger partial charge on any atom is -0.438 e. The van der Waals surface area contributed by atoms with Crippen molar-refractivity contribution in [2.75, 3.05) is 70.3 Å². The van der Waals surface area contributed by atoms with Crippen LogP contribution in [-0.4, -0.2) is 141 Å². The molecular weight excluding hydrogens is 1170 g/mol. The van der Waals surface area contributed by atoms with Crippen LogP contribution in [0.15, 0.2) is 121 Å². The van der Waals surface area contributed by atoms with Crippen LogP contribution in [0.4, 0.5) is 10.3 Å². The fourth-order valence-corrected chi connectivity index (χ4v) is 12.4. The second-order valence-electron chi connectivity index (χ2n) is 22.8. The number of morpholine rings is 2. The average molecular weight is 1240 g/mol. The number of pyridine rings is 2. The molecule has 3 fully saturated rings. The molecule has 1 aliphatic carbocycles. The zero-order chi connectivity index (χ0) is 61.3. The molecular formula is C65H66N12O10S2. The maximum absolute atomic E-state index is 13.8. The summed E-state index contributed by atoms with van der Waals surface area (Å²) in [5.41, 5.74) is 5.59. The number of hydrogen-bond donors (Lipinski definition) is 4. The van der Waals surface area contributed by atoms with Gasteiger partial charge in [0, 0.05) is 95.6 Å². The van der Waals surface area contributed by atoms with Crippen molar-refractivity contribution in [2.45, 2.75) is 65.8 Å². The Hall–Kier alpha value is -9.36. The lowest BCUT2D eigenvalue weighted by Crippen LogP contribution is -2.40. The first kappa shape index (κ1) is 61.3. The summed E-state index contributed by atoms with van der Waals surface area (Å²) < 4.78 is 23.3. The van der Waals surface area contributed by atoms with Crippen molar-refractivity contribution in [3.63, 3.8) is 0 Å². The molecule has 0 radical (unpaired) electrons. The molecule has 89 heavy (non-hydrogen) atoms. The van der Waals surface area contributed by atoms with E-state index < -0.39 is 22.7 Å². The van der Waals surface area contributed by atoms with Crippen LogP contribution in [0.25, 0.3) is 22.5 Å². The van der Waals surface area contributed by atoms with Crippen molar-refractivity contribution >= 4 is 68.4 Å². The van der Waals surface area contributed by atoms with Crippen LogP contribution < -0.4 is 30.7 Å². The van der Waals surface area contributed by atoms with Gasteiger partial charge < -0.3 is 50.0 Å². The molecule has 4 aliphatic heterocycles. The fourth-order valence-electron chi connectivity index (χ4n) is 11.1.